The van der Waals surface area contributed by atoms with Crippen molar-refractivity contribution in [3.63, 3.8) is 0 Å². The predicted molar refractivity (Wildman–Crippen MR) is 141 cm³/mol. The average molecular weight is 495 g/mol. The van der Waals surface area contributed by atoms with Crippen molar-refractivity contribution in [2.24, 2.45) is 5.10 Å². The van der Waals surface area contributed by atoms with Crippen LogP contribution >= 0.6 is 0 Å². The van der Waals surface area contributed by atoms with Crippen LogP contribution in [-0.2, 0) is 6.61 Å². The molecule has 0 aromatic heterocycles. The van der Waals surface area contributed by atoms with Crippen LogP contribution in [0.5, 0.6) is 17.2 Å². The van der Waals surface area contributed by atoms with Gasteiger partial charge < -0.3 is 14.2 Å². The van der Waals surface area contributed by atoms with E-state index in [1.807, 2.05) is 31.2 Å². The minimum absolute atomic E-state index is 0.341. The first-order valence-electron chi connectivity index (χ1n) is 11.6. The van der Waals surface area contributed by atoms with Gasteiger partial charge in [0, 0.05) is 5.56 Å². The Bertz CT molecular complexity index is 1360. The molecule has 0 heterocycles. The minimum Gasteiger partial charge on any atom is -0.497 e. The van der Waals surface area contributed by atoms with Crippen LogP contribution in [0.2, 0.25) is 0 Å². The van der Waals surface area contributed by atoms with Crippen LogP contribution in [0.4, 0.5) is 0 Å². The molecule has 0 aliphatic rings. The molecule has 0 aliphatic heterocycles. The first-order valence-corrected chi connectivity index (χ1v) is 11.6. The molecule has 186 valence electrons. The van der Waals surface area contributed by atoms with Gasteiger partial charge in [-0.1, -0.05) is 29.8 Å². The highest BCUT2D eigenvalue weighted by Gasteiger charge is 2.09. The van der Waals surface area contributed by atoms with Gasteiger partial charge in [0.1, 0.15) is 23.9 Å². The zero-order valence-electron chi connectivity index (χ0n) is 20.5. The second-order valence-corrected chi connectivity index (χ2v) is 8.18. The number of hydrogen-bond acceptors (Lipinski definition) is 6. The van der Waals surface area contributed by atoms with Crippen LogP contribution in [0.3, 0.4) is 0 Å². The van der Waals surface area contributed by atoms with E-state index < -0.39 is 5.97 Å². The Labute approximate surface area is 215 Å². The molecule has 4 aromatic rings. The van der Waals surface area contributed by atoms with E-state index in [1.54, 1.807) is 79.9 Å². The number of carbonyl (C=O) groups excluding carboxylic acids is 2. The second-order valence-electron chi connectivity index (χ2n) is 8.18. The molecule has 7 nitrogen and oxygen atoms in total. The lowest BCUT2D eigenvalue weighted by Crippen LogP contribution is -2.17. The monoisotopic (exact) mass is 494 g/mol. The molecule has 0 fully saturated rings. The summed E-state index contributed by atoms with van der Waals surface area (Å²) in [5.74, 6) is 0.918. The third kappa shape index (κ3) is 7.29. The number of ether oxygens (including phenoxy) is 3. The summed E-state index contributed by atoms with van der Waals surface area (Å²) in [6.07, 6.45) is 1.51. The van der Waals surface area contributed by atoms with Crippen molar-refractivity contribution < 1.29 is 23.8 Å². The summed E-state index contributed by atoms with van der Waals surface area (Å²) in [4.78, 5) is 24.6. The summed E-state index contributed by atoms with van der Waals surface area (Å²) in [5, 5.41) is 4.00. The average Bonchev–Trinajstić information content (AvgIpc) is 2.94. The predicted octanol–water partition coefficient (Wildman–Crippen LogP) is 5.57. The van der Waals surface area contributed by atoms with E-state index in [-0.39, 0.29) is 5.91 Å². The molecule has 0 saturated heterocycles. The Balaban J connectivity index is 1.25. The third-order valence-electron chi connectivity index (χ3n) is 5.44. The van der Waals surface area contributed by atoms with Gasteiger partial charge in [-0.3, -0.25) is 4.79 Å². The Kier molecular flexibility index (Phi) is 8.29. The van der Waals surface area contributed by atoms with E-state index in [9.17, 15) is 9.59 Å². The van der Waals surface area contributed by atoms with Crippen molar-refractivity contribution in [2.75, 3.05) is 7.11 Å². The number of hydrazone groups is 1. The van der Waals surface area contributed by atoms with E-state index in [0.717, 1.165) is 11.1 Å². The van der Waals surface area contributed by atoms with Gasteiger partial charge in [0.05, 0.1) is 18.9 Å². The zero-order valence-corrected chi connectivity index (χ0v) is 20.5. The molecular weight excluding hydrogens is 468 g/mol. The highest BCUT2D eigenvalue weighted by Crippen LogP contribution is 2.17. The number of benzene rings is 4. The Morgan fingerprint density at radius 2 is 1.35 bits per heavy atom. The zero-order chi connectivity index (χ0) is 26.0. The summed E-state index contributed by atoms with van der Waals surface area (Å²) in [5.41, 5.74) is 6.38. The molecule has 0 bridgehead atoms. The highest BCUT2D eigenvalue weighted by atomic mass is 16.5. The maximum atomic E-state index is 12.4. The maximum Gasteiger partial charge on any atom is 0.343 e. The van der Waals surface area contributed by atoms with Crippen LogP contribution in [0.15, 0.2) is 102 Å². The number of esters is 1. The van der Waals surface area contributed by atoms with Gasteiger partial charge in [-0.15, -0.1) is 0 Å². The van der Waals surface area contributed by atoms with Gasteiger partial charge in [-0.2, -0.15) is 5.10 Å². The number of amides is 1. The van der Waals surface area contributed by atoms with Crippen molar-refractivity contribution in [1.82, 2.24) is 5.43 Å². The second kappa shape index (κ2) is 12.2. The third-order valence-corrected chi connectivity index (χ3v) is 5.44. The van der Waals surface area contributed by atoms with Gasteiger partial charge in [0.25, 0.3) is 5.91 Å². The molecule has 0 saturated carbocycles. The number of methoxy groups -OCH3 is 1. The number of hydrogen-bond donors (Lipinski definition) is 1. The lowest BCUT2D eigenvalue weighted by molar-refractivity contribution is 0.0734. The maximum absolute atomic E-state index is 12.4. The molecule has 1 amide bonds. The fourth-order valence-electron chi connectivity index (χ4n) is 3.30. The largest absolute Gasteiger partial charge is 0.497 e. The first kappa shape index (κ1) is 25.2. The number of nitrogens with one attached hydrogen (secondary N) is 1. The van der Waals surface area contributed by atoms with E-state index in [1.165, 1.54) is 11.8 Å². The SMILES string of the molecule is COc1ccc(C(=O)Oc2ccc(/C=N/NC(=O)c3ccc(OCc4ccc(C)cc4)cc3)cc2)cc1. The van der Waals surface area contributed by atoms with Crippen LogP contribution < -0.4 is 19.6 Å². The lowest BCUT2D eigenvalue weighted by Gasteiger charge is -2.07. The van der Waals surface area contributed by atoms with E-state index >= 15 is 0 Å². The van der Waals surface area contributed by atoms with Gasteiger partial charge in [0.2, 0.25) is 0 Å². The van der Waals surface area contributed by atoms with Crippen molar-refractivity contribution in [3.05, 3.63) is 125 Å². The van der Waals surface area contributed by atoms with E-state index in [2.05, 4.69) is 10.5 Å². The van der Waals surface area contributed by atoms with Crippen molar-refractivity contribution >= 4 is 18.1 Å². The van der Waals surface area contributed by atoms with Crippen molar-refractivity contribution in [3.8, 4) is 17.2 Å². The Morgan fingerprint density at radius 1 is 0.757 bits per heavy atom. The van der Waals surface area contributed by atoms with Gasteiger partial charge >= 0.3 is 5.97 Å². The molecule has 0 aliphatic carbocycles. The minimum atomic E-state index is -0.470. The van der Waals surface area contributed by atoms with E-state index in [0.29, 0.717) is 35.0 Å². The molecule has 0 atom stereocenters. The van der Waals surface area contributed by atoms with Gasteiger partial charge in [-0.05, 0) is 90.8 Å². The molecule has 4 rings (SSSR count). The quantitative estimate of drug-likeness (QED) is 0.142. The Morgan fingerprint density at radius 3 is 2.00 bits per heavy atom. The molecule has 1 N–H and O–H groups in total. The van der Waals surface area contributed by atoms with Crippen LogP contribution in [-0.4, -0.2) is 25.2 Å². The normalized spacial score (nSPS) is 10.6. The summed E-state index contributed by atoms with van der Waals surface area (Å²) in [6, 6.07) is 28.4. The fraction of sp³-hybridized carbons (Fsp3) is 0.100. The lowest BCUT2D eigenvalue weighted by atomic mass is 10.2. The van der Waals surface area contributed by atoms with Crippen LogP contribution in [0, 0.1) is 6.92 Å². The van der Waals surface area contributed by atoms with Gasteiger partial charge in [-0.25, -0.2) is 10.2 Å². The summed E-state index contributed by atoms with van der Waals surface area (Å²) >= 11 is 0. The molecule has 37 heavy (non-hydrogen) atoms. The highest BCUT2D eigenvalue weighted by molar-refractivity contribution is 5.95. The summed E-state index contributed by atoms with van der Waals surface area (Å²) in [6.45, 7) is 2.49. The molecule has 0 radical (unpaired) electrons. The Hall–Kier alpha value is -4.91. The van der Waals surface area contributed by atoms with Crippen LogP contribution in [0.25, 0.3) is 0 Å². The van der Waals surface area contributed by atoms with Gasteiger partial charge in [0.15, 0.2) is 0 Å². The molecular formula is C30H26N2O5. The smallest absolute Gasteiger partial charge is 0.343 e. The molecule has 7 heteroatoms. The first-order chi connectivity index (χ1) is 18.0. The van der Waals surface area contributed by atoms with Crippen molar-refractivity contribution in [1.29, 1.82) is 0 Å². The number of aryl methyl sites for hydroxylation is 1. The number of rotatable bonds is 9. The van der Waals surface area contributed by atoms with E-state index in [4.69, 9.17) is 14.2 Å². The van der Waals surface area contributed by atoms with Crippen LogP contribution in [0.1, 0.15) is 37.4 Å². The standard InChI is InChI=1S/C30H26N2O5/c1-21-3-5-23(6-4-21)20-36-27-17-9-24(10-18-27)29(33)32-31-19-22-7-13-28(14-8-22)37-30(34)25-11-15-26(35-2)16-12-25/h3-19H,20H2,1-2H3,(H,32,33)/b31-19+. The topological polar surface area (TPSA) is 86.2 Å². The molecule has 4 aromatic carbocycles. The van der Waals surface area contributed by atoms with Crippen molar-refractivity contribution in [2.45, 2.75) is 13.5 Å². The molecule has 0 unspecified atom stereocenters. The molecule has 0 spiro atoms. The number of carbonyl (C=O) groups is 2. The summed E-state index contributed by atoms with van der Waals surface area (Å²) in [7, 11) is 1.56. The number of nitrogens with zero attached hydrogens (tertiary/aromatic N) is 1. The fourth-order valence-corrected chi connectivity index (χ4v) is 3.30. The summed E-state index contributed by atoms with van der Waals surface area (Å²) < 4.78 is 16.2.